The van der Waals surface area contributed by atoms with Gasteiger partial charge in [0.25, 0.3) is 11.7 Å². The van der Waals surface area contributed by atoms with Crippen LogP contribution >= 0.6 is 0 Å². The number of ether oxygens (including phenoxy) is 4. The molecule has 43 heavy (non-hydrogen) atoms. The van der Waals surface area contributed by atoms with Crippen LogP contribution in [0, 0.1) is 11.3 Å². The minimum Gasteiger partial charge on any atom is -0.689 e. The van der Waals surface area contributed by atoms with Crippen molar-refractivity contribution in [3.8, 4) is 23.0 Å². The third kappa shape index (κ3) is 8.57. The Bertz CT molecular complexity index is 1420. The molecule has 1 aliphatic carbocycles. The van der Waals surface area contributed by atoms with Crippen molar-refractivity contribution >= 4 is 11.5 Å². The number of H-pyrrole nitrogens is 1. The molecule has 10 nitrogen and oxygen atoms in total. The zero-order valence-electron chi connectivity index (χ0n) is 25.2. The number of nitrogens with one attached hydrogen (secondary N) is 2. The first-order chi connectivity index (χ1) is 20.2. The summed E-state index contributed by atoms with van der Waals surface area (Å²) < 4.78 is 63.1. The van der Waals surface area contributed by atoms with E-state index >= 15 is 0 Å². The zero-order chi connectivity index (χ0) is 30.4. The van der Waals surface area contributed by atoms with E-state index in [-0.39, 0.29) is 87.6 Å². The van der Waals surface area contributed by atoms with Crippen molar-refractivity contribution in [1.82, 2.24) is 15.0 Å². The molecule has 0 atom stereocenters. The molecular formula is C29H35F3KN6O4+. The van der Waals surface area contributed by atoms with E-state index in [4.69, 9.17) is 24.4 Å². The Morgan fingerprint density at radius 3 is 2.37 bits per heavy atom. The van der Waals surface area contributed by atoms with Gasteiger partial charge in [-0.2, -0.15) is 18.2 Å². The smallest absolute Gasteiger partial charge is 0.689 e. The van der Waals surface area contributed by atoms with Gasteiger partial charge in [0.15, 0.2) is 5.82 Å². The number of aromatic nitrogens is 4. The van der Waals surface area contributed by atoms with Gasteiger partial charge in [0.2, 0.25) is 17.3 Å². The van der Waals surface area contributed by atoms with Gasteiger partial charge in [0.05, 0.1) is 44.7 Å². The first-order valence-electron chi connectivity index (χ1n) is 13.6. The number of nitrogens with zero attached hydrogens (tertiary/aromatic N) is 4. The van der Waals surface area contributed by atoms with Crippen LogP contribution < -0.4 is 65.4 Å². The molecule has 0 spiro atoms. The Morgan fingerprint density at radius 1 is 1.19 bits per heavy atom. The standard InChI is InChI=1S/C27H28F3N6O4.C2H6.K/c1-32-22(16-8-9-16)21(23(31)37-3)24-33-10-19(40-18-13-38-14-18)26(35-24)39-12-15-4-6-17(7-5-15)25-34-20(11-36(25)2)27(28,29)30;1-2;/h4-7,10-11,16,18H,8-9,12-14H2,1-3H3,(H-,31,32,33,35);1-2H3;/q-1;;+1/p+1. The van der Waals surface area contributed by atoms with Crippen LogP contribution in [0.4, 0.5) is 13.2 Å². The molecule has 226 valence electrons. The number of imidazole rings is 1. The number of aromatic amines is 1. The molecule has 2 fully saturated rings. The Morgan fingerprint density at radius 2 is 1.86 bits per heavy atom. The van der Waals surface area contributed by atoms with Crippen LogP contribution in [0.15, 0.2) is 42.4 Å². The Kier molecular flexibility index (Phi) is 12.6. The number of halogens is 3. The van der Waals surface area contributed by atoms with Gasteiger partial charge in [-0.3, -0.25) is 5.41 Å². The van der Waals surface area contributed by atoms with Crippen molar-refractivity contribution in [2.75, 3.05) is 27.4 Å². The molecule has 3 heterocycles. The Labute approximate surface area is 291 Å². The number of hydrogen-bond acceptors (Lipinski definition) is 7. The minimum atomic E-state index is -4.47. The predicted molar refractivity (Wildman–Crippen MR) is 149 cm³/mol. The first-order valence-corrected chi connectivity index (χ1v) is 13.6. The van der Waals surface area contributed by atoms with E-state index in [2.05, 4.69) is 20.3 Å². The van der Waals surface area contributed by atoms with E-state index in [1.165, 1.54) is 17.9 Å². The molecule has 0 radical (unpaired) electrons. The van der Waals surface area contributed by atoms with Crippen molar-refractivity contribution in [1.29, 1.82) is 5.41 Å². The molecule has 0 bridgehead atoms. The number of rotatable bonds is 10. The molecule has 5 rings (SSSR count). The molecule has 2 aromatic heterocycles. The van der Waals surface area contributed by atoms with Crippen LogP contribution in [-0.4, -0.2) is 54.3 Å². The number of benzene rings is 1. The van der Waals surface area contributed by atoms with E-state index in [0.717, 1.165) is 24.6 Å². The number of aryl methyl sites for hydroxylation is 1. The fourth-order valence-corrected chi connectivity index (χ4v) is 4.25. The summed E-state index contributed by atoms with van der Waals surface area (Å²) in [5, 5.41) is 12.8. The SMILES string of the molecule is CC.C[N-]/C(=C(\C(=N)OC)c1ncc(OC2COC2)c(OCc2ccc(-c3[nH]c(C(F)(F)F)c[n+]3C)cc2)n1)C1CC1.[K+]. The van der Waals surface area contributed by atoms with Crippen molar-refractivity contribution < 1.29 is 88.1 Å². The van der Waals surface area contributed by atoms with E-state index in [1.807, 2.05) is 13.8 Å². The maximum atomic E-state index is 13.1. The maximum Gasteiger partial charge on any atom is 1.00 e. The molecule has 1 aromatic carbocycles. The van der Waals surface area contributed by atoms with Gasteiger partial charge in [-0.05, 0) is 36.5 Å². The van der Waals surface area contributed by atoms with Crippen molar-refractivity contribution in [3.05, 3.63) is 64.8 Å². The number of alkyl halides is 3. The number of allylic oxidation sites excluding steroid dienone is 1. The van der Waals surface area contributed by atoms with Crippen LogP contribution in [-0.2, 0) is 29.3 Å². The summed E-state index contributed by atoms with van der Waals surface area (Å²) in [4.78, 5) is 11.5. The van der Waals surface area contributed by atoms with E-state index in [9.17, 15) is 13.2 Å². The second-order valence-electron chi connectivity index (χ2n) is 9.54. The van der Waals surface area contributed by atoms with E-state index in [1.54, 1.807) is 38.4 Å². The topological polar surface area (TPSA) is 120 Å². The predicted octanol–water partition coefficient (Wildman–Crippen LogP) is 2.45. The maximum absolute atomic E-state index is 13.1. The quantitative estimate of drug-likeness (QED) is 0.154. The van der Waals surface area contributed by atoms with Gasteiger partial charge in [0, 0.05) is 0 Å². The van der Waals surface area contributed by atoms with Gasteiger partial charge in [0.1, 0.15) is 18.9 Å². The summed E-state index contributed by atoms with van der Waals surface area (Å²) in [6.45, 7) is 4.98. The van der Waals surface area contributed by atoms with Crippen LogP contribution in [0.5, 0.6) is 11.6 Å². The first kappa shape index (κ1) is 35.0. The molecule has 1 saturated heterocycles. The molecular weight excluding hydrogens is 592 g/mol. The Balaban J connectivity index is 0.00000165. The monoisotopic (exact) mass is 627 g/mol. The molecule has 2 N–H and O–H groups in total. The second-order valence-corrected chi connectivity index (χ2v) is 9.54. The fraction of sp³-hybridized carbons (Fsp3) is 0.448. The summed E-state index contributed by atoms with van der Waals surface area (Å²) in [6, 6.07) is 6.95. The number of hydrogen-bond donors (Lipinski definition) is 2. The van der Waals surface area contributed by atoms with Crippen molar-refractivity contribution in [2.24, 2.45) is 13.0 Å². The van der Waals surface area contributed by atoms with Crippen LogP contribution in [0.2, 0.25) is 0 Å². The molecule has 1 saturated carbocycles. The molecule has 2 aliphatic rings. The third-order valence-corrected chi connectivity index (χ3v) is 6.58. The number of methoxy groups -OCH3 is 1. The third-order valence-electron chi connectivity index (χ3n) is 6.58. The van der Waals surface area contributed by atoms with Gasteiger partial charge >= 0.3 is 57.6 Å². The summed E-state index contributed by atoms with van der Waals surface area (Å²) in [5.74, 6) is 1.20. The van der Waals surface area contributed by atoms with Gasteiger partial charge in [-0.25, -0.2) is 14.5 Å². The molecule has 1 aliphatic heterocycles. The Hall–Kier alpha value is -2.49. The summed E-state index contributed by atoms with van der Waals surface area (Å²) >= 11 is 0. The molecule has 0 unspecified atom stereocenters. The van der Waals surface area contributed by atoms with E-state index < -0.39 is 11.9 Å². The summed E-state index contributed by atoms with van der Waals surface area (Å²) in [7, 11) is 4.63. The van der Waals surface area contributed by atoms with E-state index in [0.29, 0.717) is 41.6 Å². The van der Waals surface area contributed by atoms with Crippen LogP contribution in [0.3, 0.4) is 0 Å². The second kappa shape index (κ2) is 15.5. The van der Waals surface area contributed by atoms with Gasteiger partial charge in [-0.15, -0.1) is 12.7 Å². The minimum absolute atomic E-state index is 0. The van der Waals surface area contributed by atoms with Crippen molar-refractivity contribution in [3.63, 3.8) is 0 Å². The summed E-state index contributed by atoms with van der Waals surface area (Å²) in [5.41, 5.74) is 1.63. The molecule has 14 heteroatoms. The molecule has 0 amide bonds. The zero-order valence-corrected chi connectivity index (χ0v) is 28.3. The van der Waals surface area contributed by atoms with Gasteiger partial charge in [-0.1, -0.05) is 26.0 Å². The van der Waals surface area contributed by atoms with Crippen molar-refractivity contribution in [2.45, 2.75) is 45.6 Å². The molecule has 3 aromatic rings. The average Bonchev–Trinajstić information content (AvgIpc) is 3.73. The fourth-order valence-electron chi connectivity index (χ4n) is 4.25. The van der Waals surface area contributed by atoms with Crippen LogP contribution in [0.1, 0.15) is 43.8 Å². The largest absolute Gasteiger partial charge is 1.00 e. The van der Waals surface area contributed by atoms with Crippen LogP contribution in [0.25, 0.3) is 22.3 Å². The average molecular weight is 628 g/mol. The van der Waals surface area contributed by atoms with Gasteiger partial charge < -0.3 is 24.3 Å². The normalized spacial score (nSPS) is 15.2. The summed E-state index contributed by atoms with van der Waals surface area (Å²) in [6.07, 6.45) is -0.168.